The smallest absolute Gasteiger partial charge is 0.259 e. The molecule has 0 aromatic carbocycles. The van der Waals surface area contributed by atoms with Crippen LogP contribution in [0.5, 0.6) is 0 Å². The fraction of sp³-hybridized carbons (Fsp3) is 0.667. The van der Waals surface area contributed by atoms with E-state index in [9.17, 15) is 8.42 Å². The first-order chi connectivity index (χ1) is 7.92. The van der Waals surface area contributed by atoms with Gasteiger partial charge in [-0.25, -0.2) is 18.1 Å². The number of rotatable bonds is 7. The molecule has 0 saturated heterocycles. The van der Waals surface area contributed by atoms with Crippen molar-refractivity contribution < 1.29 is 13.5 Å². The van der Waals surface area contributed by atoms with Gasteiger partial charge in [-0.1, -0.05) is 0 Å². The van der Waals surface area contributed by atoms with Gasteiger partial charge < -0.3 is 15.0 Å². The third-order valence-electron chi connectivity index (χ3n) is 1.99. The molecule has 0 saturated carbocycles. The highest BCUT2D eigenvalue weighted by Gasteiger charge is 2.15. The Morgan fingerprint density at radius 1 is 1.53 bits per heavy atom. The first-order valence-corrected chi connectivity index (χ1v) is 6.76. The molecule has 0 spiro atoms. The van der Waals surface area contributed by atoms with Gasteiger partial charge in [-0.05, 0) is 6.92 Å². The molecule has 1 heterocycles. The molecule has 3 N–H and O–H groups in total. The maximum Gasteiger partial charge on any atom is 0.259 e. The number of aliphatic hydroxyl groups excluding tert-OH is 1. The fourth-order valence-corrected chi connectivity index (χ4v) is 2.20. The van der Waals surface area contributed by atoms with Crippen molar-refractivity contribution in [3.8, 4) is 0 Å². The summed E-state index contributed by atoms with van der Waals surface area (Å²) in [5, 5.41) is 11.9. The lowest BCUT2D eigenvalue weighted by atomic mass is 10.4. The Morgan fingerprint density at radius 2 is 2.24 bits per heavy atom. The van der Waals surface area contributed by atoms with Crippen LogP contribution in [0.15, 0.2) is 17.6 Å². The Labute approximate surface area is 101 Å². The van der Waals surface area contributed by atoms with Crippen molar-refractivity contribution in [2.45, 2.75) is 18.1 Å². The highest BCUT2D eigenvalue weighted by molar-refractivity contribution is 7.89. The maximum atomic E-state index is 11.7. The summed E-state index contributed by atoms with van der Waals surface area (Å²) >= 11 is 0. The van der Waals surface area contributed by atoms with E-state index in [0.29, 0.717) is 13.1 Å². The molecule has 1 rings (SSSR count). The number of imidazole rings is 1. The van der Waals surface area contributed by atoms with Crippen molar-refractivity contribution in [3.63, 3.8) is 0 Å². The highest BCUT2D eigenvalue weighted by atomic mass is 32.2. The van der Waals surface area contributed by atoms with Gasteiger partial charge in [0.15, 0.2) is 5.03 Å². The summed E-state index contributed by atoms with van der Waals surface area (Å²) < 4.78 is 27.3. The van der Waals surface area contributed by atoms with Crippen LogP contribution in [0.25, 0.3) is 0 Å². The van der Waals surface area contributed by atoms with Crippen molar-refractivity contribution in [1.29, 1.82) is 0 Å². The molecule has 0 bridgehead atoms. The molecule has 0 aliphatic carbocycles. The van der Waals surface area contributed by atoms with Gasteiger partial charge in [-0.2, -0.15) is 0 Å². The van der Waals surface area contributed by atoms with Crippen molar-refractivity contribution in [1.82, 2.24) is 19.6 Å². The number of hydrogen-bond acceptors (Lipinski definition) is 5. The van der Waals surface area contributed by atoms with Crippen LogP contribution in [0.1, 0.15) is 6.92 Å². The highest BCUT2D eigenvalue weighted by Crippen LogP contribution is 2.02. The van der Waals surface area contributed by atoms with Crippen LogP contribution >= 0.6 is 0 Å². The van der Waals surface area contributed by atoms with Gasteiger partial charge in [-0.3, -0.25) is 0 Å². The molecule has 0 radical (unpaired) electrons. The SMILES string of the molecule is CC(O)CNCCNS(=O)(=O)c1cn(C)cn1. The zero-order valence-electron chi connectivity index (χ0n) is 9.92. The average Bonchev–Trinajstić information content (AvgIpc) is 2.64. The monoisotopic (exact) mass is 262 g/mol. The molecular formula is C9H18N4O3S. The van der Waals surface area contributed by atoms with Gasteiger partial charge in [0.2, 0.25) is 0 Å². The average molecular weight is 262 g/mol. The minimum atomic E-state index is -3.52. The lowest BCUT2D eigenvalue weighted by molar-refractivity contribution is 0.192. The summed E-state index contributed by atoms with van der Waals surface area (Å²) in [4.78, 5) is 3.77. The van der Waals surface area contributed by atoms with Crippen LogP contribution < -0.4 is 10.0 Å². The molecular weight excluding hydrogens is 244 g/mol. The molecule has 1 aromatic rings. The van der Waals surface area contributed by atoms with Gasteiger partial charge in [0.05, 0.1) is 12.4 Å². The van der Waals surface area contributed by atoms with Gasteiger partial charge in [0, 0.05) is 32.9 Å². The van der Waals surface area contributed by atoms with Crippen LogP contribution in [-0.4, -0.2) is 48.8 Å². The number of nitrogens with zero attached hydrogens (tertiary/aromatic N) is 2. The predicted octanol–water partition coefficient (Wildman–Crippen LogP) is -1.33. The quantitative estimate of drug-likeness (QED) is 0.529. The minimum Gasteiger partial charge on any atom is -0.392 e. The molecule has 1 unspecified atom stereocenters. The first kappa shape index (κ1) is 14.1. The Balaban J connectivity index is 2.36. The zero-order chi connectivity index (χ0) is 12.9. The standard InChI is InChI=1S/C9H18N4O3S/c1-8(14)5-10-3-4-12-17(15,16)9-6-13(2)7-11-9/h6-8,10,12,14H,3-5H2,1-2H3. The molecule has 1 aromatic heterocycles. The van der Waals surface area contributed by atoms with Crippen molar-refractivity contribution in [3.05, 3.63) is 12.5 Å². The normalized spacial score (nSPS) is 13.8. The molecule has 0 amide bonds. The number of hydrogen-bond donors (Lipinski definition) is 3. The fourth-order valence-electron chi connectivity index (χ4n) is 1.19. The van der Waals surface area contributed by atoms with E-state index in [0.717, 1.165) is 0 Å². The third kappa shape index (κ3) is 4.82. The van der Waals surface area contributed by atoms with Crippen molar-refractivity contribution in [2.24, 2.45) is 7.05 Å². The largest absolute Gasteiger partial charge is 0.392 e. The Kier molecular flexibility index (Phi) is 5.06. The van der Waals surface area contributed by atoms with E-state index in [-0.39, 0.29) is 11.6 Å². The summed E-state index contributed by atoms with van der Waals surface area (Å²) in [6.07, 6.45) is 2.42. The van der Waals surface area contributed by atoms with Gasteiger partial charge >= 0.3 is 0 Å². The van der Waals surface area contributed by atoms with Gasteiger partial charge in [-0.15, -0.1) is 0 Å². The van der Waals surface area contributed by atoms with Crippen LogP contribution in [0.3, 0.4) is 0 Å². The topological polar surface area (TPSA) is 96.3 Å². The second kappa shape index (κ2) is 6.10. The number of sulfonamides is 1. The molecule has 0 aliphatic rings. The summed E-state index contributed by atoms with van der Waals surface area (Å²) in [6, 6.07) is 0. The molecule has 0 aliphatic heterocycles. The van der Waals surface area contributed by atoms with E-state index < -0.39 is 16.1 Å². The lowest BCUT2D eigenvalue weighted by Crippen LogP contribution is -2.34. The maximum absolute atomic E-state index is 11.7. The van der Waals surface area contributed by atoms with E-state index in [1.165, 1.54) is 12.5 Å². The van der Waals surface area contributed by atoms with Crippen LogP contribution in [0.4, 0.5) is 0 Å². The molecule has 17 heavy (non-hydrogen) atoms. The number of aliphatic hydroxyl groups is 1. The number of nitrogens with one attached hydrogen (secondary N) is 2. The Bertz CT molecular complexity index is 441. The Hall–Kier alpha value is -0.960. The predicted molar refractivity (Wildman–Crippen MR) is 62.9 cm³/mol. The van der Waals surface area contributed by atoms with Crippen LogP contribution in [0, 0.1) is 0 Å². The minimum absolute atomic E-state index is 0.00975. The number of aryl methyl sites for hydroxylation is 1. The van der Waals surface area contributed by atoms with E-state index >= 15 is 0 Å². The molecule has 98 valence electrons. The summed E-state index contributed by atoms with van der Waals surface area (Å²) in [7, 11) is -1.82. The van der Waals surface area contributed by atoms with Crippen LogP contribution in [-0.2, 0) is 17.1 Å². The molecule has 1 atom stereocenters. The van der Waals surface area contributed by atoms with Crippen molar-refractivity contribution >= 4 is 10.0 Å². The zero-order valence-corrected chi connectivity index (χ0v) is 10.7. The molecule has 7 nitrogen and oxygen atoms in total. The van der Waals surface area contributed by atoms with E-state index in [2.05, 4.69) is 15.0 Å². The van der Waals surface area contributed by atoms with Crippen molar-refractivity contribution in [2.75, 3.05) is 19.6 Å². The molecule has 8 heteroatoms. The summed E-state index contributed by atoms with van der Waals surface area (Å²) in [6.45, 7) is 2.80. The second-order valence-electron chi connectivity index (χ2n) is 3.83. The number of aromatic nitrogens is 2. The second-order valence-corrected chi connectivity index (χ2v) is 5.54. The van der Waals surface area contributed by atoms with Gasteiger partial charge in [0.1, 0.15) is 0 Å². The van der Waals surface area contributed by atoms with E-state index in [4.69, 9.17) is 5.11 Å². The third-order valence-corrected chi connectivity index (χ3v) is 3.34. The van der Waals surface area contributed by atoms with E-state index in [1.54, 1.807) is 18.5 Å². The summed E-state index contributed by atoms with van der Waals surface area (Å²) in [5.41, 5.74) is 0. The first-order valence-electron chi connectivity index (χ1n) is 5.28. The van der Waals surface area contributed by atoms with E-state index in [1.807, 2.05) is 0 Å². The van der Waals surface area contributed by atoms with Gasteiger partial charge in [0.25, 0.3) is 10.0 Å². The lowest BCUT2D eigenvalue weighted by Gasteiger charge is -2.07. The summed E-state index contributed by atoms with van der Waals surface area (Å²) in [5.74, 6) is 0. The molecule has 0 fully saturated rings. The Morgan fingerprint density at radius 3 is 2.76 bits per heavy atom. The van der Waals surface area contributed by atoms with Crippen LogP contribution in [0.2, 0.25) is 0 Å².